The molecule has 0 fully saturated rings. The molecule has 0 spiro atoms. The first-order valence-electron chi connectivity index (χ1n) is 4.82. The van der Waals surface area contributed by atoms with Gasteiger partial charge in [0.15, 0.2) is 12.2 Å². The van der Waals surface area contributed by atoms with Crippen LogP contribution in [-0.4, -0.2) is 39.5 Å². The molecular weight excluding hydrogens is 228 g/mol. The van der Waals surface area contributed by atoms with Gasteiger partial charge in [-0.2, -0.15) is 0 Å². The number of benzene rings is 1. The summed E-state index contributed by atoms with van der Waals surface area (Å²) in [7, 11) is 0. The highest BCUT2D eigenvalue weighted by atomic mass is 16.5. The van der Waals surface area contributed by atoms with Crippen LogP contribution in [0.4, 0.5) is 0 Å². The predicted octanol–water partition coefficient (Wildman–Crippen LogP) is -0.464. The molecule has 0 saturated heterocycles. The summed E-state index contributed by atoms with van der Waals surface area (Å²) < 4.78 is 4.65. The van der Waals surface area contributed by atoms with Gasteiger partial charge in [-0.05, 0) is 5.56 Å². The number of aliphatic carboxylic acids is 1. The molecule has 0 saturated carbocycles. The van der Waals surface area contributed by atoms with Gasteiger partial charge in [-0.15, -0.1) is 0 Å². The minimum Gasteiger partial charge on any atom is -0.479 e. The van der Waals surface area contributed by atoms with Crippen molar-refractivity contribution in [3.63, 3.8) is 0 Å². The fraction of sp³-hybridized carbons (Fsp3) is 0.273. The molecule has 1 aromatic rings. The molecule has 0 aliphatic carbocycles. The molecule has 6 heteroatoms. The van der Waals surface area contributed by atoms with E-state index in [2.05, 4.69) is 4.74 Å². The highest BCUT2D eigenvalue weighted by molar-refractivity contribution is 5.84. The van der Waals surface area contributed by atoms with Crippen molar-refractivity contribution in [1.82, 2.24) is 0 Å². The second-order valence-corrected chi connectivity index (χ2v) is 3.32. The molecule has 0 amide bonds. The molecule has 0 aliphatic heterocycles. The van der Waals surface area contributed by atoms with Gasteiger partial charge >= 0.3 is 11.9 Å². The normalized spacial score (nSPS) is 13.8. The van der Waals surface area contributed by atoms with Crippen LogP contribution in [0.3, 0.4) is 0 Å². The number of carbonyl (C=O) groups excluding carboxylic acids is 1. The van der Waals surface area contributed by atoms with E-state index in [0.29, 0.717) is 5.56 Å². The number of carboxylic acids is 1. The van der Waals surface area contributed by atoms with Crippen molar-refractivity contribution in [3.8, 4) is 0 Å². The summed E-state index contributed by atoms with van der Waals surface area (Å²) in [5.41, 5.74) is 0.692. The van der Waals surface area contributed by atoms with E-state index in [1.807, 2.05) is 0 Å². The minimum absolute atomic E-state index is 0.0942. The highest BCUT2D eigenvalue weighted by Crippen LogP contribution is 2.03. The van der Waals surface area contributed by atoms with Crippen LogP contribution in [0.1, 0.15) is 5.56 Å². The first-order valence-corrected chi connectivity index (χ1v) is 4.82. The van der Waals surface area contributed by atoms with E-state index in [1.165, 1.54) is 0 Å². The molecule has 0 aromatic heterocycles. The van der Waals surface area contributed by atoms with Crippen LogP contribution in [0.25, 0.3) is 0 Å². The summed E-state index contributed by atoms with van der Waals surface area (Å²) in [6.07, 6.45) is -4.27. The van der Waals surface area contributed by atoms with Crippen molar-refractivity contribution in [2.75, 3.05) is 0 Å². The van der Waals surface area contributed by atoms with Crippen LogP contribution in [0.2, 0.25) is 0 Å². The smallest absolute Gasteiger partial charge is 0.338 e. The van der Waals surface area contributed by atoms with E-state index in [9.17, 15) is 9.59 Å². The highest BCUT2D eigenvalue weighted by Gasteiger charge is 2.31. The monoisotopic (exact) mass is 240 g/mol. The molecule has 6 nitrogen and oxygen atoms in total. The number of carbonyl (C=O) groups is 2. The van der Waals surface area contributed by atoms with Gasteiger partial charge in [-0.25, -0.2) is 9.59 Å². The number of hydrogen-bond donors (Lipinski definition) is 3. The number of ether oxygens (including phenoxy) is 1. The third-order valence-electron chi connectivity index (χ3n) is 2.02. The Labute approximate surface area is 97.1 Å². The minimum atomic E-state index is -2.18. The van der Waals surface area contributed by atoms with Crippen LogP contribution in [0, 0.1) is 0 Å². The van der Waals surface area contributed by atoms with Gasteiger partial charge in [0.25, 0.3) is 0 Å². The lowest BCUT2D eigenvalue weighted by Gasteiger charge is -2.13. The van der Waals surface area contributed by atoms with Crippen molar-refractivity contribution in [2.24, 2.45) is 0 Å². The van der Waals surface area contributed by atoms with E-state index in [1.54, 1.807) is 30.3 Å². The molecule has 0 radical (unpaired) electrons. The Morgan fingerprint density at radius 1 is 1.12 bits per heavy atom. The van der Waals surface area contributed by atoms with Crippen LogP contribution in [-0.2, 0) is 20.9 Å². The SMILES string of the molecule is O=C(O)[C@H](O)[C@@H](O)C(=O)OCc1ccccc1. The van der Waals surface area contributed by atoms with Crippen LogP contribution in [0.5, 0.6) is 0 Å². The standard InChI is InChI=1S/C11H12O6/c12-8(10(14)15)9(13)11(16)17-6-7-4-2-1-3-5-7/h1-5,8-9,12-13H,6H2,(H,14,15)/t8-,9-/m1/s1. The quantitative estimate of drug-likeness (QED) is 0.601. The third-order valence-corrected chi connectivity index (χ3v) is 2.02. The zero-order valence-corrected chi connectivity index (χ0v) is 8.81. The largest absolute Gasteiger partial charge is 0.479 e. The molecule has 0 aliphatic rings. The van der Waals surface area contributed by atoms with Crippen molar-refractivity contribution in [1.29, 1.82) is 0 Å². The molecule has 1 rings (SSSR count). The lowest BCUT2D eigenvalue weighted by molar-refractivity contribution is -0.170. The van der Waals surface area contributed by atoms with Gasteiger partial charge in [0, 0.05) is 0 Å². The molecule has 0 heterocycles. The summed E-state index contributed by atoms with van der Waals surface area (Å²) in [6, 6.07) is 8.67. The summed E-state index contributed by atoms with van der Waals surface area (Å²) in [6.45, 7) is -0.0942. The summed E-state index contributed by atoms with van der Waals surface area (Å²) in [5, 5.41) is 26.4. The zero-order valence-electron chi connectivity index (χ0n) is 8.81. The maximum absolute atomic E-state index is 11.2. The average molecular weight is 240 g/mol. The Bertz CT molecular complexity index is 388. The second-order valence-electron chi connectivity index (χ2n) is 3.32. The fourth-order valence-corrected chi connectivity index (χ4v) is 1.08. The first-order chi connectivity index (χ1) is 8.02. The number of rotatable bonds is 5. The third kappa shape index (κ3) is 3.86. The summed E-state index contributed by atoms with van der Waals surface area (Å²) in [4.78, 5) is 21.5. The molecule has 3 N–H and O–H groups in total. The zero-order chi connectivity index (χ0) is 12.8. The second kappa shape index (κ2) is 5.97. The molecule has 0 unspecified atom stereocenters. The van der Waals surface area contributed by atoms with Gasteiger partial charge in [-0.1, -0.05) is 30.3 Å². The molecule has 0 bridgehead atoms. The Balaban J connectivity index is 2.47. The fourth-order valence-electron chi connectivity index (χ4n) is 1.08. The number of aliphatic hydroxyl groups is 2. The van der Waals surface area contributed by atoms with E-state index in [-0.39, 0.29) is 6.61 Å². The van der Waals surface area contributed by atoms with Crippen molar-refractivity contribution < 1.29 is 29.6 Å². The summed E-state index contributed by atoms with van der Waals surface area (Å²) in [5.74, 6) is -2.86. The van der Waals surface area contributed by atoms with Crippen LogP contribution in [0.15, 0.2) is 30.3 Å². The maximum Gasteiger partial charge on any atom is 0.338 e. The maximum atomic E-state index is 11.2. The summed E-state index contributed by atoms with van der Waals surface area (Å²) >= 11 is 0. The molecule has 92 valence electrons. The van der Waals surface area contributed by atoms with Gasteiger partial charge in [0.2, 0.25) is 0 Å². The van der Waals surface area contributed by atoms with Crippen molar-refractivity contribution in [2.45, 2.75) is 18.8 Å². The Morgan fingerprint density at radius 3 is 2.24 bits per heavy atom. The van der Waals surface area contributed by atoms with Crippen molar-refractivity contribution >= 4 is 11.9 Å². The lowest BCUT2D eigenvalue weighted by atomic mass is 10.2. The Kier molecular flexibility index (Phi) is 4.62. The van der Waals surface area contributed by atoms with Crippen molar-refractivity contribution in [3.05, 3.63) is 35.9 Å². The lowest BCUT2D eigenvalue weighted by Crippen LogP contribution is -2.40. The van der Waals surface area contributed by atoms with E-state index in [0.717, 1.165) is 0 Å². The van der Waals surface area contributed by atoms with Gasteiger partial charge < -0.3 is 20.1 Å². The number of hydrogen-bond acceptors (Lipinski definition) is 5. The van der Waals surface area contributed by atoms with E-state index < -0.39 is 24.1 Å². The first kappa shape index (κ1) is 13.1. The molecule has 1 aromatic carbocycles. The Morgan fingerprint density at radius 2 is 1.71 bits per heavy atom. The molecular formula is C11H12O6. The number of esters is 1. The molecule has 2 atom stereocenters. The predicted molar refractivity (Wildman–Crippen MR) is 55.9 cm³/mol. The van der Waals surface area contributed by atoms with Gasteiger partial charge in [-0.3, -0.25) is 0 Å². The number of carboxylic acid groups (broad SMARTS) is 1. The average Bonchev–Trinajstić information content (AvgIpc) is 2.35. The number of aliphatic hydroxyl groups excluding tert-OH is 2. The van der Waals surface area contributed by atoms with Gasteiger partial charge in [0.1, 0.15) is 6.61 Å². The Hall–Kier alpha value is -1.92. The van der Waals surface area contributed by atoms with Gasteiger partial charge in [0.05, 0.1) is 0 Å². The van der Waals surface area contributed by atoms with E-state index in [4.69, 9.17) is 15.3 Å². The molecule has 17 heavy (non-hydrogen) atoms. The van der Waals surface area contributed by atoms with E-state index >= 15 is 0 Å². The van der Waals surface area contributed by atoms with Crippen LogP contribution >= 0.6 is 0 Å². The topological polar surface area (TPSA) is 104 Å². The van der Waals surface area contributed by atoms with Crippen LogP contribution < -0.4 is 0 Å².